The summed E-state index contributed by atoms with van der Waals surface area (Å²) in [7, 11) is -2.23. The maximum absolute atomic E-state index is 12.3. The quantitative estimate of drug-likeness (QED) is 0.801. The molecule has 22 heavy (non-hydrogen) atoms. The molecule has 1 aromatic rings. The van der Waals surface area contributed by atoms with Gasteiger partial charge >= 0.3 is 0 Å². The zero-order valence-corrected chi connectivity index (χ0v) is 14.5. The molecule has 0 heterocycles. The molecule has 0 aliphatic heterocycles. The predicted octanol–water partition coefficient (Wildman–Crippen LogP) is 1.91. The molecule has 0 spiro atoms. The predicted molar refractivity (Wildman–Crippen MR) is 85.7 cm³/mol. The summed E-state index contributed by atoms with van der Waals surface area (Å²) in [6, 6.07) is 4.01. The van der Waals surface area contributed by atoms with Crippen LogP contribution in [0.4, 0.5) is 0 Å². The molecular weight excluding hydrogens is 304 g/mol. The van der Waals surface area contributed by atoms with Gasteiger partial charge in [0.2, 0.25) is 10.0 Å². The zero-order valence-electron chi connectivity index (χ0n) is 13.6. The molecule has 0 aromatic heterocycles. The van der Waals surface area contributed by atoms with Crippen LogP contribution in [0.15, 0.2) is 23.1 Å². The van der Waals surface area contributed by atoms with Crippen molar-refractivity contribution in [3.8, 4) is 5.75 Å². The van der Waals surface area contributed by atoms with Gasteiger partial charge in [-0.1, -0.05) is 6.92 Å². The molecular formula is C15H24N2O4S. The van der Waals surface area contributed by atoms with E-state index in [0.29, 0.717) is 12.2 Å². The second-order valence-electron chi connectivity index (χ2n) is 5.42. The van der Waals surface area contributed by atoms with Gasteiger partial charge in [-0.2, -0.15) is 0 Å². The van der Waals surface area contributed by atoms with Crippen molar-refractivity contribution >= 4 is 15.9 Å². The first-order chi connectivity index (χ1) is 10.2. The molecule has 1 amide bonds. The average molecular weight is 328 g/mol. The van der Waals surface area contributed by atoms with Gasteiger partial charge < -0.3 is 10.1 Å². The molecule has 7 heteroatoms. The SMILES string of the molecule is CCC(C)NS(=O)(=O)c1ccc(OC)c(C(=O)NC(C)C)c1. The van der Waals surface area contributed by atoms with Gasteiger partial charge in [0.1, 0.15) is 5.75 Å². The van der Waals surface area contributed by atoms with Crippen LogP contribution in [0.2, 0.25) is 0 Å². The number of sulfonamides is 1. The Balaban J connectivity index is 3.22. The van der Waals surface area contributed by atoms with Gasteiger partial charge in [0.25, 0.3) is 5.91 Å². The first kappa shape index (κ1) is 18.4. The highest BCUT2D eigenvalue weighted by molar-refractivity contribution is 7.89. The number of ether oxygens (including phenoxy) is 1. The lowest BCUT2D eigenvalue weighted by molar-refractivity contribution is 0.0940. The van der Waals surface area contributed by atoms with Crippen LogP contribution < -0.4 is 14.8 Å². The molecule has 6 nitrogen and oxygen atoms in total. The van der Waals surface area contributed by atoms with Gasteiger partial charge in [-0.15, -0.1) is 0 Å². The Morgan fingerprint density at radius 2 is 1.91 bits per heavy atom. The molecule has 1 rings (SSSR count). The molecule has 0 aliphatic rings. The molecule has 0 aliphatic carbocycles. The van der Waals surface area contributed by atoms with Crippen molar-refractivity contribution in [1.82, 2.24) is 10.0 Å². The zero-order chi connectivity index (χ0) is 16.9. The Hall–Kier alpha value is -1.60. The minimum absolute atomic E-state index is 0.0440. The van der Waals surface area contributed by atoms with E-state index >= 15 is 0 Å². The monoisotopic (exact) mass is 328 g/mol. The van der Waals surface area contributed by atoms with E-state index in [-0.39, 0.29) is 28.4 Å². The van der Waals surface area contributed by atoms with Gasteiger partial charge in [-0.05, 0) is 45.4 Å². The fraction of sp³-hybridized carbons (Fsp3) is 0.533. The molecule has 0 saturated heterocycles. The molecule has 1 unspecified atom stereocenters. The van der Waals surface area contributed by atoms with Gasteiger partial charge in [0, 0.05) is 12.1 Å². The molecule has 0 fully saturated rings. The molecule has 1 atom stereocenters. The normalized spacial score (nSPS) is 13.0. The maximum atomic E-state index is 12.3. The van der Waals surface area contributed by atoms with Crippen LogP contribution in [0.25, 0.3) is 0 Å². The summed E-state index contributed by atoms with van der Waals surface area (Å²) >= 11 is 0. The van der Waals surface area contributed by atoms with E-state index in [1.165, 1.54) is 25.3 Å². The van der Waals surface area contributed by atoms with Crippen LogP contribution in [0, 0.1) is 0 Å². The van der Waals surface area contributed by atoms with Crippen molar-refractivity contribution in [2.75, 3.05) is 7.11 Å². The highest BCUT2D eigenvalue weighted by Gasteiger charge is 2.21. The van der Waals surface area contributed by atoms with Crippen LogP contribution >= 0.6 is 0 Å². The van der Waals surface area contributed by atoms with E-state index in [0.717, 1.165) is 0 Å². The van der Waals surface area contributed by atoms with Gasteiger partial charge in [0.05, 0.1) is 17.6 Å². The second-order valence-corrected chi connectivity index (χ2v) is 7.13. The number of hydrogen-bond acceptors (Lipinski definition) is 4. The van der Waals surface area contributed by atoms with E-state index in [1.807, 2.05) is 20.8 Å². The fourth-order valence-corrected chi connectivity index (χ4v) is 3.14. The number of amides is 1. The molecule has 0 radical (unpaired) electrons. The van der Waals surface area contributed by atoms with Crippen molar-refractivity contribution in [3.05, 3.63) is 23.8 Å². The Morgan fingerprint density at radius 3 is 2.41 bits per heavy atom. The molecule has 2 N–H and O–H groups in total. The van der Waals surface area contributed by atoms with Crippen LogP contribution in [0.3, 0.4) is 0 Å². The maximum Gasteiger partial charge on any atom is 0.255 e. The lowest BCUT2D eigenvalue weighted by atomic mass is 10.2. The van der Waals surface area contributed by atoms with E-state index in [9.17, 15) is 13.2 Å². The smallest absolute Gasteiger partial charge is 0.255 e. The Morgan fingerprint density at radius 1 is 1.27 bits per heavy atom. The number of carbonyl (C=O) groups excluding carboxylic acids is 1. The number of benzene rings is 1. The Bertz CT molecular complexity index is 626. The van der Waals surface area contributed by atoms with E-state index in [4.69, 9.17) is 4.74 Å². The average Bonchev–Trinajstić information content (AvgIpc) is 2.45. The summed E-state index contributed by atoms with van der Waals surface area (Å²) in [5.74, 6) is -0.0342. The summed E-state index contributed by atoms with van der Waals surface area (Å²) in [5.41, 5.74) is 0.197. The minimum atomic E-state index is -3.67. The van der Waals surface area contributed by atoms with Gasteiger partial charge in [-0.25, -0.2) is 13.1 Å². The topological polar surface area (TPSA) is 84.5 Å². The fourth-order valence-electron chi connectivity index (χ4n) is 1.79. The number of carbonyl (C=O) groups is 1. The minimum Gasteiger partial charge on any atom is -0.496 e. The van der Waals surface area contributed by atoms with Crippen molar-refractivity contribution < 1.29 is 17.9 Å². The lowest BCUT2D eigenvalue weighted by Gasteiger charge is -2.15. The molecule has 124 valence electrons. The number of methoxy groups -OCH3 is 1. The van der Waals surface area contributed by atoms with Gasteiger partial charge in [0.15, 0.2) is 0 Å². The Labute approximate surface area is 132 Å². The van der Waals surface area contributed by atoms with E-state index < -0.39 is 10.0 Å². The molecule has 0 saturated carbocycles. The van der Waals surface area contributed by atoms with Crippen LogP contribution in [0.1, 0.15) is 44.5 Å². The van der Waals surface area contributed by atoms with E-state index in [1.54, 1.807) is 6.92 Å². The van der Waals surface area contributed by atoms with Crippen LogP contribution in [-0.4, -0.2) is 33.5 Å². The Kier molecular flexibility index (Phi) is 6.37. The van der Waals surface area contributed by atoms with E-state index in [2.05, 4.69) is 10.0 Å². The van der Waals surface area contributed by atoms with Crippen molar-refractivity contribution in [3.63, 3.8) is 0 Å². The van der Waals surface area contributed by atoms with Gasteiger partial charge in [-0.3, -0.25) is 4.79 Å². The summed E-state index contributed by atoms with van der Waals surface area (Å²) in [6.45, 7) is 7.33. The first-order valence-corrected chi connectivity index (χ1v) is 8.70. The third kappa shape index (κ3) is 4.71. The largest absolute Gasteiger partial charge is 0.496 e. The highest BCUT2D eigenvalue weighted by atomic mass is 32.2. The van der Waals surface area contributed by atoms with Crippen molar-refractivity contribution in [2.24, 2.45) is 0 Å². The number of hydrogen-bond donors (Lipinski definition) is 2. The second kappa shape index (κ2) is 7.60. The van der Waals surface area contributed by atoms with Crippen molar-refractivity contribution in [2.45, 2.75) is 51.1 Å². The lowest BCUT2D eigenvalue weighted by Crippen LogP contribution is -2.33. The molecule has 1 aromatic carbocycles. The summed E-state index contributed by atoms with van der Waals surface area (Å²) in [6.07, 6.45) is 0.677. The summed E-state index contributed by atoms with van der Waals surface area (Å²) in [5, 5.41) is 2.73. The third-order valence-corrected chi connectivity index (χ3v) is 4.70. The van der Waals surface area contributed by atoms with Crippen LogP contribution in [0.5, 0.6) is 5.75 Å². The first-order valence-electron chi connectivity index (χ1n) is 7.22. The summed E-state index contributed by atoms with van der Waals surface area (Å²) in [4.78, 5) is 12.2. The number of nitrogens with one attached hydrogen (secondary N) is 2. The van der Waals surface area contributed by atoms with Crippen LogP contribution in [-0.2, 0) is 10.0 Å². The molecule has 0 bridgehead atoms. The highest BCUT2D eigenvalue weighted by Crippen LogP contribution is 2.23. The van der Waals surface area contributed by atoms with Crippen molar-refractivity contribution in [1.29, 1.82) is 0 Å². The third-order valence-electron chi connectivity index (χ3n) is 3.11. The number of rotatable bonds is 7. The standard InChI is InChI=1S/C15H24N2O4S/c1-6-11(4)17-22(19,20)12-7-8-14(21-5)13(9-12)15(18)16-10(2)3/h7-11,17H,6H2,1-5H3,(H,16,18). The summed E-state index contributed by atoms with van der Waals surface area (Å²) < 4.78 is 32.3.